The summed E-state index contributed by atoms with van der Waals surface area (Å²) < 4.78 is 5.05. The van der Waals surface area contributed by atoms with Crippen LogP contribution in [0.5, 0.6) is 0 Å². The van der Waals surface area contributed by atoms with Gasteiger partial charge in [-0.25, -0.2) is 0 Å². The summed E-state index contributed by atoms with van der Waals surface area (Å²) in [5.74, 6) is -0.197. The fourth-order valence-electron chi connectivity index (χ4n) is 2.34. The molecule has 1 fully saturated rings. The molecule has 0 aromatic carbocycles. The number of rotatable bonds is 6. The summed E-state index contributed by atoms with van der Waals surface area (Å²) in [4.78, 5) is 13.8. The lowest BCUT2D eigenvalue weighted by molar-refractivity contribution is -0.150. The van der Waals surface area contributed by atoms with Crippen LogP contribution in [0.1, 0.15) is 26.7 Å². The molecule has 0 radical (unpaired) electrons. The molecule has 0 aromatic heterocycles. The first-order valence-electron chi connectivity index (χ1n) is 6.65. The second kappa shape index (κ2) is 7.07. The third-order valence-electron chi connectivity index (χ3n) is 3.49. The predicted molar refractivity (Wildman–Crippen MR) is 68.1 cm³/mol. The van der Waals surface area contributed by atoms with Crippen LogP contribution in [-0.2, 0) is 9.53 Å². The van der Waals surface area contributed by atoms with Crippen molar-refractivity contribution in [2.45, 2.75) is 26.7 Å². The molecule has 1 atom stereocenters. The van der Waals surface area contributed by atoms with Gasteiger partial charge in [-0.05, 0) is 26.3 Å². The Kier molecular flexibility index (Phi) is 6.05. The van der Waals surface area contributed by atoms with Gasteiger partial charge in [-0.15, -0.1) is 0 Å². The number of aliphatic hydroxyl groups is 2. The number of piperidine rings is 1. The number of likely N-dealkylation sites (tertiary alicyclic amines) is 1. The number of nitrogens with zero attached hydrogens (tertiary/aromatic N) is 1. The Morgan fingerprint density at radius 2 is 2.11 bits per heavy atom. The number of hydrogen-bond acceptors (Lipinski definition) is 5. The zero-order valence-electron chi connectivity index (χ0n) is 11.4. The third-order valence-corrected chi connectivity index (χ3v) is 3.49. The van der Waals surface area contributed by atoms with Crippen molar-refractivity contribution in [1.82, 2.24) is 4.90 Å². The minimum Gasteiger partial charge on any atom is -0.466 e. The van der Waals surface area contributed by atoms with Crippen molar-refractivity contribution in [3.8, 4) is 0 Å². The van der Waals surface area contributed by atoms with Gasteiger partial charge in [0.2, 0.25) is 0 Å². The van der Waals surface area contributed by atoms with Gasteiger partial charge in [0.05, 0.1) is 25.7 Å². The van der Waals surface area contributed by atoms with E-state index in [1.807, 2.05) is 13.8 Å². The first-order valence-corrected chi connectivity index (χ1v) is 6.65. The summed E-state index contributed by atoms with van der Waals surface area (Å²) in [6, 6.07) is 0. The van der Waals surface area contributed by atoms with E-state index in [0.29, 0.717) is 19.7 Å². The molecule has 0 aliphatic carbocycles. The maximum atomic E-state index is 11.7. The average Bonchev–Trinajstić information content (AvgIpc) is 2.39. The van der Waals surface area contributed by atoms with Crippen LogP contribution in [0.4, 0.5) is 0 Å². The van der Waals surface area contributed by atoms with Gasteiger partial charge < -0.3 is 19.8 Å². The van der Waals surface area contributed by atoms with Gasteiger partial charge in [0, 0.05) is 18.5 Å². The number of carbonyl (C=O) groups is 1. The molecule has 0 spiro atoms. The molecule has 1 saturated heterocycles. The van der Waals surface area contributed by atoms with Crippen molar-refractivity contribution in [1.29, 1.82) is 0 Å². The molecule has 1 rings (SSSR count). The molecule has 5 nitrogen and oxygen atoms in total. The Morgan fingerprint density at radius 1 is 1.44 bits per heavy atom. The Balaban J connectivity index is 2.51. The summed E-state index contributed by atoms with van der Waals surface area (Å²) in [5, 5.41) is 18.6. The molecule has 2 N–H and O–H groups in total. The highest BCUT2D eigenvalue weighted by Crippen LogP contribution is 2.23. The van der Waals surface area contributed by atoms with E-state index in [4.69, 9.17) is 4.74 Å². The second-order valence-corrected chi connectivity index (χ2v) is 5.45. The van der Waals surface area contributed by atoms with E-state index in [1.165, 1.54) is 0 Å². The SMILES string of the molecule is CCOC(=O)C1CCCN(CC(C)(CO)CO)C1. The maximum absolute atomic E-state index is 11.7. The van der Waals surface area contributed by atoms with Gasteiger partial charge >= 0.3 is 5.97 Å². The van der Waals surface area contributed by atoms with Crippen LogP contribution >= 0.6 is 0 Å². The van der Waals surface area contributed by atoms with E-state index >= 15 is 0 Å². The average molecular weight is 259 g/mol. The highest BCUT2D eigenvalue weighted by Gasteiger charge is 2.31. The molecule has 1 aliphatic rings. The van der Waals surface area contributed by atoms with E-state index in [9.17, 15) is 15.0 Å². The quantitative estimate of drug-likeness (QED) is 0.669. The van der Waals surface area contributed by atoms with Gasteiger partial charge in [-0.3, -0.25) is 4.79 Å². The lowest BCUT2D eigenvalue weighted by atomic mass is 9.90. The highest BCUT2D eigenvalue weighted by atomic mass is 16.5. The fourth-order valence-corrected chi connectivity index (χ4v) is 2.34. The zero-order valence-corrected chi connectivity index (χ0v) is 11.4. The zero-order chi connectivity index (χ0) is 13.6. The van der Waals surface area contributed by atoms with Gasteiger partial charge in [0.1, 0.15) is 0 Å². The molecule has 106 valence electrons. The van der Waals surface area contributed by atoms with Crippen LogP contribution in [0.2, 0.25) is 0 Å². The van der Waals surface area contributed by atoms with E-state index in [1.54, 1.807) is 0 Å². The van der Waals surface area contributed by atoms with Crippen molar-refractivity contribution in [3.63, 3.8) is 0 Å². The van der Waals surface area contributed by atoms with E-state index in [-0.39, 0.29) is 25.1 Å². The molecule has 0 amide bonds. The summed E-state index contributed by atoms with van der Waals surface area (Å²) >= 11 is 0. The second-order valence-electron chi connectivity index (χ2n) is 5.45. The van der Waals surface area contributed by atoms with Crippen LogP contribution in [0.15, 0.2) is 0 Å². The van der Waals surface area contributed by atoms with Crippen molar-refractivity contribution in [3.05, 3.63) is 0 Å². The van der Waals surface area contributed by atoms with Gasteiger partial charge in [0.15, 0.2) is 0 Å². The number of hydrogen-bond donors (Lipinski definition) is 2. The van der Waals surface area contributed by atoms with Crippen LogP contribution in [-0.4, -0.2) is 60.5 Å². The topological polar surface area (TPSA) is 70.0 Å². The van der Waals surface area contributed by atoms with Crippen molar-refractivity contribution >= 4 is 5.97 Å². The molecular formula is C13H25NO4. The molecule has 18 heavy (non-hydrogen) atoms. The predicted octanol–water partition coefficient (Wildman–Crippen LogP) is 0.252. The van der Waals surface area contributed by atoms with E-state index in [0.717, 1.165) is 19.4 Å². The van der Waals surface area contributed by atoms with Crippen molar-refractivity contribution in [2.24, 2.45) is 11.3 Å². The molecule has 0 saturated carbocycles. The van der Waals surface area contributed by atoms with Crippen LogP contribution < -0.4 is 0 Å². The molecule has 0 aromatic rings. The van der Waals surface area contributed by atoms with E-state index in [2.05, 4.69) is 4.90 Å². The number of aliphatic hydroxyl groups excluding tert-OH is 2. The summed E-state index contributed by atoms with van der Waals surface area (Å²) in [7, 11) is 0. The summed E-state index contributed by atoms with van der Waals surface area (Å²) in [6.45, 7) is 6.15. The molecule has 5 heteroatoms. The molecular weight excluding hydrogens is 234 g/mol. The smallest absolute Gasteiger partial charge is 0.310 e. The lowest BCUT2D eigenvalue weighted by Gasteiger charge is -2.37. The normalized spacial score (nSPS) is 21.9. The standard InChI is InChI=1S/C13H25NO4/c1-3-18-12(17)11-5-4-6-14(7-11)8-13(2,9-15)10-16/h11,15-16H,3-10H2,1-2H3. The number of ether oxygens (including phenoxy) is 1. The largest absolute Gasteiger partial charge is 0.466 e. The Bertz CT molecular complexity index is 266. The minimum atomic E-state index is -0.503. The fraction of sp³-hybridized carbons (Fsp3) is 0.923. The Hall–Kier alpha value is -0.650. The molecule has 0 bridgehead atoms. The summed E-state index contributed by atoms with van der Waals surface area (Å²) in [5.41, 5.74) is -0.503. The molecule has 1 heterocycles. The third kappa shape index (κ3) is 4.23. The first-order chi connectivity index (χ1) is 8.54. The van der Waals surface area contributed by atoms with Crippen LogP contribution in [0.25, 0.3) is 0 Å². The van der Waals surface area contributed by atoms with Crippen molar-refractivity contribution < 1.29 is 19.7 Å². The molecule has 1 aliphatic heterocycles. The van der Waals surface area contributed by atoms with Crippen molar-refractivity contribution in [2.75, 3.05) is 39.5 Å². The van der Waals surface area contributed by atoms with E-state index < -0.39 is 5.41 Å². The van der Waals surface area contributed by atoms with Gasteiger partial charge in [0.25, 0.3) is 0 Å². The van der Waals surface area contributed by atoms with Gasteiger partial charge in [-0.2, -0.15) is 0 Å². The first kappa shape index (κ1) is 15.4. The van der Waals surface area contributed by atoms with Crippen LogP contribution in [0, 0.1) is 11.3 Å². The molecule has 1 unspecified atom stereocenters. The Morgan fingerprint density at radius 3 is 2.67 bits per heavy atom. The Labute approximate surface area is 109 Å². The highest BCUT2D eigenvalue weighted by molar-refractivity contribution is 5.72. The lowest BCUT2D eigenvalue weighted by Crippen LogP contribution is -2.46. The minimum absolute atomic E-state index is 0.0515. The number of esters is 1. The van der Waals surface area contributed by atoms with Crippen LogP contribution in [0.3, 0.4) is 0 Å². The number of carbonyl (C=O) groups excluding carboxylic acids is 1. The monoisotopic (exact) mass is 259 g/mol. The van der Waals surface area contributed by atoms with Gasteiger partial charge in [-0.1, -0.05) is 6.92 Å². The maximum Gasteiger partial charge on any atom is 0.310 e. The summed E-state index contributed by atoms with van der Waals surface area (Å²) in [6.07, 6.45) is 1.82.